The maximum atomic E-state index is 12.3. The molecule has 0 amide bonds. The molecule has 0 spiro atoms. The van der Waals surface area contributed by atoms with Crippen LogP contribution in [0.25, 0.3) is 6.08 Å². The molecule has 2 aromatic carbocycles. The van der Waals surface area contributed by atoms with Crippen LogP contribution in [-0.4, -0.2) is 19.1 Å². The number of carbonyl (C=O) groups excluding carboxylic acids is 1. The van der Waals surface area contributed by atoms with Gasteiger partial charge < -0.3 is 0 Å². The summed E-state index contributed by atoms with van der Waals surface area (Å²) in [7, 11) is -3.90. The highest BCUT2D eigenvalue weighted by Gasteiger charge is 2.13. The van der Waals surface area contributed by atoms with Gasteiger partial charge in [0.15, 0.2) is 5.78 Å². The number of aryl methyl sites for hydroxylation is 1. The molecule has 0 fully saturated rings. The number of nitrogens with zero attached hydrogens (tertiary/aromatic N) is 1. The van der Waals surface area contributed by atoms with E-state index in [4.69, 9.17) is 5.14 Å². The monoisotopic (exact) mass is 346 g/mol. The number of rotatable bonds is 5. The average molecular weight is 346 g/mol. The number of primary sulfonamides is 1. The van der Waals surface area contributed by atoms with Crippen LogP contribution in [-0.2, 0) is 10.0 Å². The van der Waals surface area contributed by atoms with Crippen molar-refractivity contribution >= 4 is 27.6 Å². The minimum atomic E-state index is -3.90. The molecule has 0 saturated heterocycles. The minimum absolute atomic E-state index is 0.0461. The Bertz CT molecular complexity index is 931. The van der Waals surface area contributed by atoms with Gasteiger partial charge in [-0.1, -0.05) is 12.1 Å². The van der Waals surface area contributed by atoms with Gasteiger partial charge in [0.2, 0.25) is 10.0 Å². The van der Waals surface area contributed by atoms with Crippen LogP contribution in [0.3, 0.4) is 0 Å². The number of allylic oxidation sites excluding steroid dienone is 1. The summed E-state index contributed by atoms with van der Waals surface area (Å²) in [5, 5.41) is 15.7. The maximum Gasteiger partial charge on any atom is 0.269 e. The quantitative estimate of drug-likeness (QED) is 0.386. The van der Waals surface area contributed by atoms with Crippen molar-refractivity contribution in [1.82, 2.24) is 0 Å². The number of benzene rings is 2. The number of hydrogen-bond donors (Lipinski definition) is 1. The van der Waals surface area contributed by atoms with Crippen molar-refractivity contribution in [3.8, 4) is 0 Å². The SMILES string of the molecule is Cc1ccc(S(N)(=O)=O)cc1C(=O)/C=C\c1ccc([N+](=O)[O-])cc1. The van der Waals surface area contributed by atoms with Gasteiger partial charge in [0.25, 0.3) is 5.69 Å². The largest absolute Gasteiger partial charge is 0.289 e. The zero-order valence-corrected chi connectivity index (χ0v) is 13.5. The van der Waals surface area contributed by atoms with Gasteiger partial charge in [-0.05, 0) is 48.4 Å². The van der Waals surface area contributed by atoms with Crippen LogP contribution in [0.2, 0.25) is 0 Å². The lowest BCUT2D eigenvalue weighted by molar-refractivity contribution is -0.384. The van der Waals surface area contributed by atoms with E-state index in [1.807, 2.05) is 0 Å². The van der Waals surface area contributed by atoms with Crippen LogP contribution in [0.5, 0.6) is 0 Å². The molecule has 8 heteroatoms. The highest BCUT2D eigenvalue weighted by molar-refractivity contribution is 7.89. The highest BCUT2D eigenvalue weighted by Crippen LogP contribution is 2.17. The fourth-order valence-electron chi connectivity index (χ4n) is 2.01. The van der Waals surface area contributed by atoms with Crippen LogP contribution in [0.15, 0.2) is 53.4 Å². The second-order valence-electron chi connectivity index (χ2n) is 5.07. The van der Waals surface area contributed by atoms with Crippen molar-refractivity contribution in [3.63, 3.8) is 0 Å². The van der Waals surface area contributed by atoms with Crippen molar-refractivity contribution in [2.24, 2.45) is 5.14 Å². The predicted octanol–water partition coefficient (Wildman–Crippen LogP) is 2.45. The molecule has 0 atom stereocenters. The Morgan fingerprint density at radius 3 is 2.33 bits per heavy atom. The summed E-state index contributed by atoms with van der Waals surface area (Å²) in [5.74, 6) is -0.392. The summed E-state index contributed by atoms with van der Waals surface area (Å²) in [6.45, 7) is 1.68. The molecule has 2 N–H and O–H groups in total. The number of sulfonamides is 1. The van der Waals surface area contributed by atoms with E-state index in [2.05, 4.69) is 0 Å². The normalized spacial score (nSPS) is 11.6. The number of nitro groups is 1. The molecule has 0 unspecified atom stereocenters. The van der Waals surface area contributed by atoms with E-state index in [0.29, 0.717) is 11.1 Å². The molecular formula is C16H14N2O5S. The fourth-order valence-corrected chi connectivity index (χ4v) is 2.55. The molecule has 0 saturated carbocycles. The molecule has 0 radical (unpaired) electrons. The summed E-state index contributed by atoms with van der Waals surface area (Å²) in [6, 6.07) is 9.75. The van der Waals surface area contributed by atoms with E-state index in [0.717, 1.165) is 0 Å². The molecule has 0 aliphatic carbocycles. The van der Waals surface area contributed by atoms with E-state index in [-0.39, 0.29) is 16.1 Å². The molecule has 0 aliphatic rings. The van der Waals surface area contributed by atoms with Crippen molar-refractivity contribution in [2.75, 3.05) is 0 Å². The van der Waals surface area contributed by atoms with Gasteiger partial charge in [-0.15, -0.1) is 0 Å². The van der Waals surface area contributed by atoms with Crippen LogP contribution in [0.1, 0.15) is 21.5 Å². The first kappa shape index (κ1) is 17.5. The van der Waals surface area contributed by atoms with Crippen molar-refractivity contribution in [1.29, 1.82) is 0 Å². The minimum Gasteiger partial charge on any atom is -0.289 e. The van der Waals surface area contributed by atoms with E-state index in [9.17, 15) is 23.3 Å². The zero-order valence-electron chi connectivity index (χ0n) is 12.7. The Labute approximate surface area is 138 Å². The topological polar surface area (TPSA) is 120 Å². The lowest BCUT2D eigenvalue weighted by Gasteiger charge is -2.05. The Morgan fingerprint density at radius 2 is 1.79 bits per heavy atom. The van der Waals surface area contributed by atoms with E-state index < -0.39 is 20.7 Å². The molecule has 2 aromatic rings. The Morgan fingerprint density at radius 1 is 1.17 bits per heavy atom. The van der Waals surface area contributed by atoms with E-state index in [1.165, 1.54) is 54.6 Å². The lowest BCUT2D eigenvalue weighted by Crippen LogP contribution is -2.13. The van der Waals surface area contributed by atoms with E-state index >= 15 is 0 Å². The Hall–Kier alpha value is -2.84. The number of carbonyl (C=O) groups is 1. The van der Waals surface area contributed by atoms with Crippen LogP contribution < -0.4 is 5.14 Å². The molecule has 124 valence electrons. The molecule has 0 aromatic heterocycles. The van der Waals surface area contributed by atoms with Crippen molar-refractivity contribution in [2.45, 2.75) is 11.8 Å². The second-order valence-corrected chi connectivity index (χ2v) is 6.63. The predicted molar refractivity (Wildman–Crippen MR) is 89.0 cm³/mol. The molecule has 2 rings (SSSR count). The fraction of sp³-hybridized carbons (Fsp3) is 0.0625. The molecular weight excluding hydrogens is 332 g/mol. The first-order chi connectivity index (χ1) is 11.2. The van der Waals surface area contributed by atoms with Gasteiger partial charge in [0.05, 0.1) is 9.82 Å². The number of nitrogens with two attached hydrogens (primary N) is 1. The van der Waals surface area contributed by atoms with Crippen molar-refractivity contribution < 1.29 is 18.1 Å². The lowest BCUT2D eigenvalue weighted by atomic mass is 10.0. The highest BCUT2D eigenvalue weighted by atomic mass is 32.2. The van der Waals surface area contributed by atoms with Gasteiger partial charge in [-0.3, -0.25) is 14.9 Å². The van der Waals surface area contributed by atoms with Crippen LogP contribution >= 0.6 is 0 Å². The first-order valence-corrected chi connectivity index (χ1v) is 8.33. The Balaban J connectivity index is 2.27. The maximum absolute atomic E-state index is 12.3. The summed E-state index contributed by atoms with van der Waals surface area (Å²) < 4.78 is 22.8. The van der Waals surface area contributed by atoms with Gasteiger partial charge in [-0.25, -0.2) is 13.6 Å². The third-order valence-corrected chi connectivity index (χ3v) is 4.25. The molecule has 7 nitrogen and oxygen atoms in total. The van der Waals surface area contributed by atoms with Crippen LogP contribution in [0.4, 0.5) is 5.69 Å². The summed E-state index contributed by atoms with van der Waals surface area (Å²) in [4.78, 5) is 22.2. The smallest absolute Gasteiger partial charge is 0.269 e. The average Bonchev–Trinajstić information content (AvgIpc) is 2.52. The number of ketones is 1. The first-order valence-electron chi connectivity index (χ1n) is 6.79. The molecule has 0 heterocycles. The zero-order chi connectivity index (χ0) is 17.9. The number of hydrogen-bond acceptors (Lipinski definition) is 5. The van der Waals surface area contributed by atoms with Crippen LogP contribution in [0, 0.1) is 17.0 Å². The van der Waals surface area contributed by atoms with E-state index in [1.54, 1.807) is 6.92 Å². The third kappa shape index (κ3) is 4.12. The second kappa shape index (κ2) is 6.73. The Kier molecular flexibility index (Phi) is 4.91. The van der Waals surface area contributed by atoms with Gasteiger partial charge >= 0.3 is 0 Å². The van der Waals surface area contributed by atoms with Gasteiger partial charge in [0, 0.05) is 17.7 Å². The van der Waals surface area contributed by atoms with Gasteiger partial charge in [0.1, 0.15) is 0 Å². The molecule has 24 heavy (non-hydrogen) atoms. The van der Waals surface area contributed by atoms with Crippen molar-refractivity contribution in [3.05, 3.63) is 75.3 Å². The third-order valence-electron chi connectivity index (χ3n) is 3.33. The standard InChI is InChI=1S/C16H14N2O5S/c1-11-2-8-14(24(17,22)23)10-15(11)16(19)9-5-12-3-6-13(7-4-12)18(20)21/h2-10H,1H3,(H2,17,22,23)/b9-5-. The van der Waals surface area contributed by atoms with Gasteiger partial charge in [-0.2, -0.15) is 0 Å². The number of nitro benzene ring substituents is 1. The molecule has 0 aliphatic heterocycles. The summed E-state index contributed by atoms with van der Waals surface area (Å²) >= 11 is 0. The summed E-state index contributed by atoms with van der Waals surface area (Å²) in [5.41, 5.74) is 1.39. The number of non-ortho nitro benzene ring substituents is 1. The molecule has 0 bridgehead atoms. The summed E-state index contributed by atoms with van der Waals surface area (Å²) in [6.07, 6.45) is 2.77.